The first kappa shape index (κ1) is 20.3. The molecule has 0 saturated carbocycles. The van der Waals surface area contributed by atoms with Gasteiger partial charge in [-0.15, -0.1) is 11.3 Å². The van der Waals surface area contributed by atoms with Crippen molar-refractivity contribution in [2.24, 2.45) is 0 Å². The molecule has 0 unspecified atom stereocenters. The molecule has 5 rings (SSSR count). The zero-order valence-electron chi connectivity index (χ0n) is 16.7. The standard InChI is InChI=1S/C23H15ClFN5OS/c1-12-28-11-18(32-12)21-20(14-9-13-3-2-8-27-19(13)17(24)10-14)30-23(22(26)29-21)31-16-6-4-15(25)5-7-16/h2-11H,1H3,(H2,26,29). The van der Waals surface area contributed by atoms with Crippen molar-refractivity contribution in [3.8, 4) is 33.5 Å². The molecule has 0 spiro atoms. The maximum absolute atomic E-state index is 13.3. The maximum Gasteiger partial charge on any atom is 0.263 e. The van der Waals surface area contributed by atoms with Crippen LogP contribution in [0.4, 0.5) is 10.2 Å². The Bertz CT molecular complexity index is 1460. The minimum Gasteiger partial charge on any atom is -0.436 e. The van der Waals surface area contributed by atoms with Gasteiger partial charge in [-0.1, -0.05) is 17.7 Å². The molecule has 0 radical (unpaired) electrons. The van der Waals surface area contributed by atoms with Gasteiger partial charge in [-0.25, -0.2) is 19.3 Å². The number of anilines is 1. The summed E-state index contributed by atoms with van der Waals surface area (Å²) in [7, 11) is 0. The number of ether oxygens (including phenoxy) is 1. The van der Waals surface area contributed by atoms with Gasteiger partial charge in [-0.05, 0) is 49.4 Å². The number of hydrogen-bond acceptors (Lipinski definition) is 7. The Labute approximate surface area is 191 Å². The predicted molar refractivity (Wildman–Crippen MR) is 125 cm³/mol. The van der Waals surface area contributed by atoms with Gasteiger partial charge in [0.25, 0.3) is 5.88 Å². The summed E-state index contributed by atoms with van der Waals surface area (Å²) < 4.78 is 19.1. The molecule has 5 aromatic rings. The highest BCUT2D eigenvalue weighted by molar-refractivity contribution is 7.15. The second-order valence-corrected chi connectivity index (χ2v) is 8.59. The fourth-order valence-electron chi connectivity index (χ4n) is 3.25. The molecule has 0 aliphatic heterocycles. The van der Waals surface area contributed by atoms with E-state index in [-0.39, 0.29) is 17.5 Å². The Hall–Kier alpha value is -3.62. The number of aromatic nitrogens is 4. The second kappa shape index (κ2) is 8.14. The Morgan fingerprint density at radius 1 is 1.03 bits per heavy atom. The van der Waals surface area contributed by atoms with Crippen LogP contribution in [0, 0.1) is 12.7 Å². The molecule has 3 aromatic heterocycles. The van der Waals surface area contributed by atoms with Gasteiger partial charge >= 0.3 is 0 Å². The number of nitrogen functional groups attached to an aromatic ring is 1. The fraction of sp³-hybridized carbons (Fsp3) is 0.0435. The Morgan fingerprint density at radius 2 is 1.84 bits per heavy atom. The highest BCUT2D eigenvalue weighted by Crippen LogP contribution is 2.38. The van der Waals surface area contributed by atoms with Gasteiger partial charge in [-0.3, -0.25) is 4.98 Å². The lowest BCUT2D eigenvalue weighted by atomic mass is 10.1. The predicted octanol–water partition coefficient (Wildman–Crippen LogP) is 6.29. The minimum absolute atomic E-state index is 0.104. The van der Waals surface area contributed by atoms with Crippen LogP contribution >= 0.6 is 22.9 Å². The SMILES string of the molecule is Cc1ncc(-c2nc(N)c(Oc3ccc(F)cc3)nc2-c2cc(Cl)c3ncccc3c2)s1. The summed E-state index contributed by atoms with van der Waals surface area (Å²) >= 11 is 8.00. The van der Waals surface area contributed by atoms with Gasteiger partial charge in [-0.2, -0.15) is 0 Å². The van der Waals surface area contributed by atoms with Crippen LogP contribution < -0.4 is 10.5 Å². The zero-order valence-corrected chi connectivity index (χ0v) is 18.3. The van der Waals surface area contributed by atoms with E-state index >= 15 is 0 Å². The molecule has 0 saturated heterocycles. The number of aryl methyl sites for hydroxylation is 1. The fourth-order valence-corrected chi connectivity index (χ4v) is 4.29. The van der Waals surface area contributed by atoms with E-state index in [1.807, 2.05) is 25.1 Å². The van der Waals surface area contributed by atoms with Crippen molar-refractivity contribution in [1.29, 1.82) is 0 Å². The first-order chi connectivity index (χ1) is 15.5. The first-order valence-corrected chi connectivity index (χ1v) is 10.8. The van der Waals surface area contributed by atoms with Crippen LogP contribution in [0.5, 0.6) is 11.6 Å². The van der Waals surface area contributed by atoms with Crippen molar-refractivity contribution in [2.75, 3.05) is 5.73 Å². The molecule has 2 N–H and O–H groups in total. The second-order valence-electron chi connectivity index (χ2n) is 6.94. The summed E-state index contributed by atoms with van der Waals surface area (Å²) in [6.07, 6.45) is 3.43. The lowest BCUT2D eigenvalue weighted by Crippen LogP contribution is -2.03. The molecule has 2 aromatic carbocycles. The van der Waals surface area contributed by atoms with Crippen molar-refractivity contribution < 1.29 is 9.13 Å². The molecule has 32 heavy (non-hydrogen) atoms. The van der Waals surface area contributed by atoms with Crippen molar-refractivity contribution in [3.63, 3.8) is 0 Å². The van der Waals surface area contributed by atoms with Crippen LogP contribution in [-0.2, 0) is 0 Å². The molecule has 0 bridgehead atoms. The van der Waals surface area contributed by atoms with Crippen LogP contribution in [0.15, 0.2) is 60.9 Å². The lowest BCUT2D eigenvalue weighted by molar-refractivity contribution is 0.462. The molecule has 6 nitrogen and oxygen atoms in total. The third kappa shape index (κ3) is 3.86. The first-order valence-electron chi connectivity index (χ1n) is 9.56. The molecular weight excluding hydrogens is 449 g/mol. The number of halogens is 2. The highest BCUT2D eigenvalue weighted by Gasteiger charge is 2.20. The summed E-state index contributed by atoms with van der Waals surface area (Å²) in [6.45, 7) is 1.91. The normalized spacial score (nSPS) is 11.1. The number of nitrogens with two attached hydrogens (primary N) is 1. The molecule has 0 aliphatic carbocycles. The molecule has 0 atom stereocenters. The number of pyridine rings is 1. The summed E-state index contributed by atoms with van der Waals surface area (Å²) in [6, 6.07) is 13.1. The Balaban J connectivity index is 1.70. The third-order valence-electron chi connectivity index (χ3n) is 4.70. The van der Waals surface area contributed by atoms with Gasteiger partial charge in [0.05, 0.1) is 20.4 Å². The van der Waals surface area contributed by atoms with E-state index in [2.05, 4.69) is 15.0 Å². The Morgan fingerprint density at radius 3 is 2.59 bits per heavy atom. The molecule has 3 heterocycles. The van der Waals surface area contributed by atoms with Gasteiger partial charge in [0.2, 0.25) is 0 Å². The Kier molecular flexibility index (Phi) is 5.16. The topological polar surface area (TPSA) is 86.8 Å². The minimum atomic E-state index is -0.368. The van der Waals surface area contributed by atoms with Gasteiger partial charge in [0.15, 0.2) is 5.82 Å². The number of hydrogen-bond donors (Lipinski definition) is 1. The third-order valence-corrected chi connectivity index (χ3v) is 5.91. The number of thiazole rings is 1. The summed E-state index contributed by atoms with van der Waals surface area (Å²) in [5, 5.41) is 2.24. The molecule has 9 heteroatoms. The van der Waals surface area contributed by atoms with Crippen molar-refractivity contribution in [1.82, 2.24) is 19.9 Å². The maximum atomic E-state index is 13.3. The van der Waals surface area contributed by atoms with Crippen LogP contribution in [0.1, 0.15) is 5.01 Å². The lowest BCUT2D eigenvalue weighted by Gasteiger charge is -2.13. The summed E-state index contributed by atoms with van der Waals surface area (Å²) in [4.78, 5) is 18.8. The summed E-state index contributed by atoms with van der Waals surface area (Å²) in [5.41, 5.74) is 8.71. The largest absolute Gasteiger partial charge is 0.436 e. The monoisotopic (exact) mass is 463 g/mol. The molecule has 0 amide bonds. The average Bonchev–Trinajstić information content (AvgIpc) is 3.22. The number of nitrogens with zero attached hydrogens (tertiary/aromatic N) is 4. The summed E-state index contributed by atoms with van der Waals surface area (Å²) in [5.74, 6) is 0.236. The van der Waals surface area contributed by atoms with Gasteiger partial charge < -0.3 is 10.5 Å². The van der Waals surface area contributed by atoms with Crippen LogP contribution in [0.25, 0.3) is 32.7 Å². The van der Waals surface area contributed by atoms with E-state index in [4.69, 9.17) is 27.1 Å². The van der Waals surface area contributed by atoms with Crippen molar-refractivity contribution in [2.45, 2.75) is 6.92 Å². The number of rotatable bonds is 4. The molecule has 0 aliphatic rings. The van der Waals surface area contributed by atoms with Crippen molar-refractivity contribution in [3.05, 3.63) is 76.8 Å². The van der Waals surface area contributed by atoms with E-state index in [9.17, 15) is 4.39 Å². The van der Waals surface area contributed by atoms with Crippen molar-refractivity contribution >= 4 is 39.7 Å². The van der Waals surface area contributed by atoms with Gasteiger partial charge in [0.1, 0.15) is 23.0 Å². The molecule has 0 fully saturated rings. The van der Waals surface area contributed by atoms with E-state index in [1.54, 1.807) is 18.5 Å². The van der Waals surface area contributed by atoms with E-state index in [1.165, 1.54) is 35.6 Å². The molecular formula is C23H15ClFN5OS. The zero-order chi connectivity index (χ0) is 22.2. The smallest absolute Gasteiger partial charge is 0.263 e. The van der Waals surface area contributed by atoms with E-state index < -0.39 is 0 Å². The highest BCUT2D eigenvalue weighted by atomic mass is 35.5. The number of fused-ring (bicyclic) bond motifs is 1. The van der Waals surface area contributed by atoms with E-state index in [0.29, 0.717) is 27.7 Å². The van der Waals surface area contributed by atoms with Crippen LogP contribution in [0.3, 0.4) is 0 Å². The van der Waals surface area contributed by atoms with Gasteiger partial charge in [0, 0.05) is 23.3 Å². The molecule has 158 valence electrons. The van der Waals surface area contributed by atoms with Crippen LogP contribution in [-0.4, -0.2) is 19.9 Å². The van der Waals surface area contributed by atoms with E-state index in [0.717, 1.165) is 20.8 Å². The quantitative estimate of drug-likeness (QED) is 0.337. The van der Waals surface area contributed by atoms with Crippen LogP contribution in [0.2, 0.25) is 5.02 Å². The average molecular weight is 464 g/mol. The number of benzene rings is 2.